The monoisotopic (exact) mass is 260 g/mol. The third-order valence-electron chi connectivity index (χ3n) is 2.57. The number of carbonyl (C=O) groups excluding carboxylic acids is 1. The van der Waals surface area contributed by atoms with Gasteiger partial charge in [-0.15, -0.1) is 0 Å². The standard InChI is InChI=1S/C12H16N6O/c13-9-3-4-10(15-7-9)6-12(19)14-5-1-2-11-16-8-17-18-11/h3-4,7-8H,1-2,5-6,13H2,(H,14,19)(H,16,17,18). The van der Waals surface area contributed by atoms with Crippen LogP contribution in [0.15, 0.2) is 24.7 Å². The summed E-state index contributed by atoms with van der Waals surface area (Å²) in [6.07, 6.45) is 4.87. The summed E-state index contributed by atoms with van der Waals surface area (Å²) in [6, 6.07) is 3.49. The molecule has 100 valence electrons. The lowest BCUT2D eigenvalue weighted by Gasteiger charge is -2.04. The molecule has 0 aliphatic carbocycles. The number of carbonyl (C=O) groups is 1. The van der Waals surface area contributed by atoms with Gasteiger partial charge in [-0.3, -0.25) is 14.9 Å². The topological polar surface area (TPSA) is 110 Å². The van der Waals surface area contributed by atoms with E-state index in [0.717, 1.165) is 18.7 Å². The zero-order valence-corrected chi connectivity index (χ0v) is 10.5. The molecule has 0 aliphatic rings. The fourth-order valence-electron chi connectivity index (χ4n) is 1.60. The number of anilines is 1. The van der Waals surface area contributed by atoms with E-state index in [1.807, 2.05) is 0 Å². The van der Waals surface area contributed by atoms with Crippen molar-refractivity contribution in [2.75, 3.05) is 12.3 Å². The maximum absolute atomic E-state index is 11.6. The smallest absolute Gasteiger partial charge is 0.226 e. The molecule has 2 aromatic heterocycles. The van der Waals surface area contributed by atoms with E-state index in [-0.39, 0.29) is 12.3 Å². The Morgan fingerprint density at radius 1 is 1.37 bits per heavy atom. The maximum Gasteiger partial charge on any atom is 0.226 e. The summed E-state index contributed by atoms with van der Waals surface area (Å²) >= 11 is 0. The molecule has 0 aromatic carbocycles. The molecule has 19 heavy (non-hydrogen) atoms. The third kappa shape index (κ3) is 4.38. The fraction of sp³-hybridized carbons (Fsp3) is 0.333. The number of amides is 1. The molecule has 0 atom stereocenters. The Hall–Kier alpha value is -2.44. The van der Waals surface area contributed by atoms with Crippen LogP contribution in [0.25, 0.3) is 0 Å². The van der Waals surface area contributed by atoms with Gasteiger partial charge in [0, 0.05) is 18.7 Å². The van der Waals surface area contributed by atoms with E-state index in [1.165, 1.54) is 6.33 Å². The van der Waals surface area contributed by atoms with E-state index >= 15 is 0 Å². The molecule has 2 aromatic rings. The highest BCUT2D eigenvalue weighted by Gasteiger charge is 2.04. The number of nitrogen functional groups attached to an aromatic ring is 1. The number of nitrogens with two attached hydrogens (primary N) is 1. The molecule has 0 spiro atoms. The number of nitrogens with one attached hydrogen (secondary N) is 2. The highest BCUT2D eigenvalue weighted by atomic mass is 16.1. The minimum Gasteiger partial charge on any atom is -0.397 e. The number of H-pyrrole nitrogens is 1. The minimum atomic E-state index is -0.0464. The van der Waals surface area contributed by atoms with Crippen molar-refractivity contribution in [1.29, 1.82) is 0 Å². The van der Waals surface area contributed by atoms with Gasteiger partial charge >= 0.3 is 0 Å². The molecule has 0 unspecified atom stereocenters. The van der Waals surface area contributed by atoms with Crippen LogP contribution in [0.2, 0.25) is 0 Å². The molecule has 0 saturated heterocycles. The molecule has 2 rings (SSSR count). The Labute approximate surface area is 110 Å². The zero-order chi connectivity index (χ0) is 13.5. The van der Waals surface area contributed by atoms with Gasteiger partial charge in [0.15, 0.2) is 0 Å². The summed E-state index contributed by atoms with van der Waals surface area (Å²) in [4.78, 5) is 19.7. The number of aromatic amines is 1. The summed E-state index contributed by atoms with van der Waals surface area (Å²) in [5.74, 6) is 0.782. The molecule has 7 nitrogen and oxygen atoms in total. The average Bonchev–Trinajstić information content (AvgIpc) is 2.91. The van der Waals surface area contributed by atoms with Crippen LogP contribution in [0.1, 0.15) is 17.9 Å². The molecular weight excluding hydrogens is 244 g/mol. The average molecular weight is 260 g/mol. The molecule has 2 heterocycles. The first kappa shape index (κ1) is 13.0. The third-order valence-corrected chi connectivity index (χ3v) is 2.57. The SMILES string of the molecule is Nc1ccc(CC(=O)NCCCc2ncn[nH]2)nc1. The summed E-state index contributed by atoms with van der Waals surface area (Å²) in [7, 11) is 0. The largest absolute Gasteiger partial charge is 0.397 e. The van der Waals surface area contributed by atoms with Crippen molar-refractivity contribution >= 4 is 11.6 Å². The summed E-state index contributed by atoms with van der Waals surface area (Å²) in [6.45, 7) is 0.606. The fourth-order valence-corrected chi connectivity index (χ4v) is 1.60. The van der Waals surface area contributed by atoms with Crippen LogP contribution < -0.4 is 11.1 Å². The van der Waals surface area contributed by atoms with E-state index in [9.17, 15) is 4.79 Å². The second kappa shape index (κ2) is 6.48. The predicted octanol–water partition coefficient (Wildman–Crippen LogP) is 0.0734. The highest BCUT2D eigenvalue weighted by molar-refractivity contribution is 5.78. The van der Waals surface area contributed by atoms with Crippen LogP contribution in [-0.2, 0) is 17.6 Å². The van der Waals surface area contributed by atoms with E-state index in [0.29, 0.717) is 17.9 Å². The number of nitrogens with zero attached hydrogens (tertiary/aromatic N) is 3. The number of aromatic nitrogens is 4. The Morgan fingerprint density at radius 2 is 2.26 bits per heavy atom. The first-order valence-electron chi connectivity index (χ1n) is 6.05. The lowest BCUT2D eigenvalue weighted by molar-refractivity contribution is -0.120. The van der Waals surface area contributed by atoms with Crippen LogP contribution in [-0.4, -0.2) is 32.6 Å². The summed E-state index contributed by atoms with van der Waals surface area (Å²) in [5, 5.41) is 9.37. The van der Waals surface area contributed by atoms with Crippen LogP contribution in [0.4, 0.5) is 5.69 Å². The van der Waals surface area contributed by atoms with Crippen molar-refractivity contribution in [2.45, 2.75) is 19.3 Å². The first-order chi connectivity index (χ1) is 9.24. The van der Waals surface area contributed by atoms with Crippen molar-refractivity contribution in [1.82, 2.24) is 25.5 Å². The van der Waals surface area contributed by atoms with Crippen LogP contribution in [0.3, 0.4) is 0 Å². The Bertz CT molecular complexity index is 508. The van der Waals surface area contributed by atoms with Crippen molar-refractivity contribution in [2.24, 2.45) is 0 Å². The molecule has 4 N–H and O–H groups in total. The number of aryl methyl sites for hydroxylation is 1. The van der Waals surface area contributed by atoms with Gasteiger partial charge in [-0.1, -0.05) is 0 Å². The van der Waals surface area contributed by atoms with Gasteiger partial charge in [-0.05, 0) is 18.6 Å². The van der Waals surface area contributed by atoms with Gasteiger partial charge < -0.3 is 11.1 Å². The minimum absolute atomic E-state index is 0.0464. The van der Waals surface area contributed by atoms with Crippen molar-refractivity contribution in [3.05, 3.63) is 36.2 Å². The second-order valence-corrected chi connectivity index (χ2v) is 4.15. The number of pyridine rings is 1. The van der Waals surface area contributed by atoms with E-state index in [4.69, 9.17) is 5.73 Å². The van der Waals surface area contributed by atoms with Gasteiger partial charge in [-0.2, -0.15) is 5.10 Å². The lowest BCUT2D eigenvalue weighted by atomic mass is 10.2. The molecule has 0 bridgehead atoms. The number of hydrogen-bond donors (Lipinski definition) is 3. The van der Waals surface area contributed by atoms with E-state index < -0.39 is 0 Å². The Morgan fingerprint density at radius 3 is 2.95 bits per heavy atom. The van der Waals surface area contributed by atoms with E-state index in [1.54, 1.807) is 18.3 Å². The number of rotatable bonds is 6. The van der Waals surface area contributed by atoms with Crippen LogP contribution in [0, 0.1) is 0 Å². The molecule has 0 radical (unpaired) electrons. The number of hydrogen-bond acceptors (Lipinski definition) is 5. The first-order valence-corrected chi connectivity index (χ1v) is 6.05. The lowest BCUT2D eigenvalue weighted by Crippen LogP contribution is -2.26. The second-order valence-electron chi connectivity index (χ2n) is 4.15. The van der Waals surface area contributed by atoms with Gasteiger partial charge in [0.25, 0.3) is 0 Å². The quantitative estimate of drug-likeness (QED) is 0.637. The molecule has 1 amide bonds. The van der Waals surface area contributed by atoms with Gasteiger partial charge in [-0.25, -0.2) is 4.98 Å². The summed E-state index contributed by atoms with van der Waals surface area (Å²) < 4.78 is 0. The van der Waals surface area contributed by atoms with Crippen LogP contribution >= 0.6 is 0 Å². The Kier molecular flexibility index (Phi) is 4.44. The predicted molar refractivity (Wildman–Crippen MR) is 70.1 cm³/mol. The molecule has 0 aliphatic heterocycles. The van der Waals surface area contributed by atoms with Gasteiger partial charge in [0.1, 0.15) is 12.2 Å². The van der Waals surface area contributed by atoms with E-state index in [2.05, 4.69) is 25.5 Å². The molecule has 7 heteroatoms. The molecule has 0 saturated carbocycles. The molecule has 0 fully saturated rings. The normalized spacial score (nSPS) is 10.3. The maximum atomic E-state index is 11.6. The van der Waals surface area contributed by atoms with Gasteiger partial charge in [0.2, 0.25) is 5.91 Å². The molecular formula is C12H16N6O. The van der Waals surface area contributed by atoms with Crippen molar-refractivity contribution < 1.29 is 4.79 Å². The van der Waals surface area contributed by atoms with Crippen molar-refractivity contribution in [3.8, 4) is 0 Å². The Balaban J connectivity index is 1.65. The highest BCUT2D eigenvalue weighted by Crippen LogP contribution is 2.01. The van der Waals surface area contributed by atoms with Crippen LogP contribution in [0.5, 0.6) is 0 Å². The van der Waals surface area contributed by atoms with Gasteiger partial charge in [0.05, 0.1) is 18.3 Å². The van der Waals surface area contributed by atoms with Crippen molar-refractivity contribution in [3.63, 3.8) is 0 Å². The zero-order valence-electron chi connectivity index (χ0n) is 10.5. The summed E-state index contributed by atoms with van der Waals surface area (Å²) in [5.41, 5.74) is 6.83.